The average Bonchev–Trinajstić information content (AvgIpc) is 2.51. The number of nitrogens with zero attached hydrogens (tertiary/aromatic N) is 2. The number of morpholine rings is 1. The van der Waals surface area contributed by atoms with Gasteiger partial charge in [0.15, 0.2) is 0 Å². The third kappa shape index (κ3) is 5.19. The molecule has 2 amide bonds. The average molecular weight is 354 g/mol. The Kier molecular flexibility index (Phi) is 6.60. The van der Waals surface area contributed by atoms with Crippen LogP contribution >= 0.6 is 11.6 Å². The predicted octanol–water partition coefficient (Wildman–Crippen LogP) is 1.69. The molecule has 0 aliphatic carbocycles. The largest absolute Gasteiger partial charge is 0.378 e. The number of carbonyl (C=O) groups is 2. The molecule has 7 heteroatoms. The van der Waals surface area contributed by atoms with E-state index in [9.17, 15) is 9.59 Å². The second kappa shape index (κ2) is 8.46. The lowest BCUT2D eigenvalue weighted by Gasteiger charge is -2.28. The van der Waals surface area contributed by atoms with E-state index in [4.69, 9.17) is 16.3 Å². The zero-order valence-corrected chi connectivity index (χ0v) is 15.2. The topological polar surface area (TPSA) is 61.9 Å². The van der Waals surface area contributed by atoms with Crippen molar-refractivity contribution >= 4 is 29.1 Å². The molecule has 0 radical (unpaired) electrons. The molecule has 0 aromatic heterocycles. The first-order valence-corrected chi connectivity index (χ1v) is 8.35. The first-order chi connectivity index (χ1) is 11.4. The first kappa shape index (κ1) is 18.7. The van der Waals surface area contributed by atoms with Crippen molar-refractivity contribution in [3.8, 4) is 0 Å². The van der Waals surface area contributed by atoms with Gasteiger partial charge in [0.25, 0.3) is 0 Å². The Labute approximate surface area is 147 Å². The van der Waals surface area contributed by atoms with Gasteiger partial charge in [0, 0.05) is 13.1 Å². The van der Waals surface area contributed by atoms with Crippen molar-refractivity contribution in [2.24, 2.45) is 0 Å². The second-order valence-electron chi connectivity index (χ2n) is 6.15. The van der Waals surface area contributed by atoms with Crippen LogP contribution in [0.25, 0.3) is 0 Å². The monoisotopic (exact) mass is 353 g/mol. The van der Waals surface area contributed by atoms with E-state index in [-0.39, 0.29) is 24.9 Å². The van der Waals surface area contributed by atoms with Crippen molar-refractivity contribution in [2.75, 3.05) is 51.8 Å². The van der Waals surface area contributed by atoms with E-state index < -0.39 is 0 Å². The summed E-state index contributed by atoms with van der Waals surface area (Å²) in [6.07, 6.45) is 0. The van der Waals surface area contributed by atoms with E-state index in [0.717, 1.165) is 11.1 Å². The van der Waals surface area contributed by atoms with Gasteiger partial charge in [-0.2, -0.15) is 0 Å². The number of hydrogen-bond donors (Lipinski definition) is 1. The van der Waals surface area contributed by atoms with Gasteiger partial charge in [0.05, 0.1) is 37.0 Å². The molecule has 6 nitrogen and oxygen atoms in total. The van der Waals surface area contributed by atoms with Crippen LogP contribution in [-0.4, -0.2) is 68.1 Å². The van der Waals surface area contributed by atoms with Crippen LogP contribution in [0.5, 0.6) is 0 Å². The molecule has 1 aromatic carbocycles. The number of likely N-dealkylation sites (N-methyl/N-ethyl adjacent to an activating group) is 1. The van der Waals surface area contributed by atoms with Gasteiger partial charge >= 0.3 is 0 Å². The van der Waals surface area contributed by atoms with Crippen molar-refractivity contribution in [1.29, 1.82) is 0 Å². The Morgan fingerprint density at radius 1 is 1.25 bits per heavy atom. The van der Waals surface area contributed by atoms with Crippen LogP contribution in [0.3, 0.4) is 0 Å². The number of aryl methyl sites for hydroxylation is 2. The van der Waals surface area contributed by atoms with Crippen LogP contribution in [0.4, 0.5) is 5.69 Å². The van der Waals surface area contributed by atoms with Crippen LogP contribution in [-0.2, 0) is 14.3 Å². The summed E-state index contributed by atoms with van der Waals surface area (Å²) in [6, 6.07) is 3.78. The summed E-state index contributed by atoms with van der Waals surface area (Å²) < 4.78 is 5.23. The molecule has 1 heterocycles. The number of anilines is 1. The Bertz CT molecular complexity index is 592. The smallest absolute Gasteiger partial charge is 0.238 e. The number of amides is 2. The highest BCUT2D eigenvalue weighted by Crippen LogP contribution is 2.27. The van der Waals surface area contributed by atoms with Gasteiger partial charge in [-0.25, -0.2) is 0 Å². The molecule has 0 spiro atoms. The van der Waals surface area contributed by atoms with Crippen LogP contribution in [0, 0.1) is 13.8 Å². The summed E-state index contributed by atoms with van der Waals surface area (Å²) in [6.45, 7) is 6.54. The van der Waals surface area contributed by atoms with Crippen molar-refractivity contribution < 1.29 is 14.3 Å². The minimum Gasteiger partial charge on any atom is -0.378 e. The molecule has 1 N–H and O–H groups in total. The Hall–Kier alpha value is -1.63. The predicted molar refractivity (Wildman–Crippen MR) is 94.5 cm³/mol. The van der Waals surface area contributed by atoms with Crippen molar-refractivity contribution in [3.63, 3.8) is 0 Å². The van der Waals surface area contributed by atoms with Crippen LogP contribution in [0.15, 0.2) is 12.1 Å². The number of carbonyl (C=O) groups excluding carboxylic acids is 2. The first-order valence-electron chi connectivity index (χ1n) is 7.97. The summed E-state index contributed by atoms with van der Waals surface area (Å²) in [7, 11) is 1.75. The second-order valence-corrected chi connectivity index (χ2v) is 6.56. The van der Waals surface area contributed by atoms with Gasteiger partial charge in [-0.3, -0.25) is 14.5 Å². The van der Waals surface area contributed by atoms with Crippen molar-refractivity contribution in [2.45, 2.75) is 13.8 Å². The van der Waals surface area contributed by atoms with Gasteiger partial charge in [0.1, 0.15) is 0 Å². The number of halogens is 1. The van der Waals surface area contributed by atoms with Crippen LogP contribution in [0.1, 0.15) is 11.1 Å². The maximum absolute atomic E-state index is 12.2. The number of ether oxygens (including phenoxy) is 1. The molecule has 2 rings (SSSR count). The fraction of sp³-hybridized carbons (Fsp3) is 0.529. The van der Waals surface area contributed by atoms with E-state index in [1.165, 1.54) is 0 Å². The number of hydrogen-bond acceptors (Lipinski definition) is 4. The fourth-order valence-corrected chi connectivity index (χ4v) is 3.07. The van der Waals surface area contributed by atoms with Crippen LogP contribution in [0.2, 0.25) is 5.02 Å². The Balaban J connectivity index is 1.86. The van der Waals surface area contributed by atoms with Crippen molar-refractivity contribution in [3.05, 3.63) is 28.3 Å². The molecule has 1 fully saturated rings. The summed E-state index contributed by atoms with van der Waals surface area (Å²) in [5.41, 5.74) is 2.59. The van der Waals surface area contributed by atoms with Crippen molar-refractivity contribution in [1.82, 2.24) is 9.80 Å². The maximum Gasteiger partial charge on any atom is 0.238 e. The lowest BCUT2D eigenvalue weighted by Crippen LogP contribution is -2.46. The molecule has 1 saturated heterocycles. The lowest BCUT2D eigenvalue weighted by molar-refractivity contribution is -0.136. The molecule has 132 valence electrons. The third-order valence-corrected chi connectivity index (χ3v) is 4.18. The Morgan fingerprint density at radius 3 is 2.54 bits per heavy atom. The zero-order valence-electron chi connectivity index (χ0n) is 14.4. The van der Waals surface area contributed by atoms with E-state index in [0.29, 0.717) is 37.0 Å². The molecule has 1 aromatic rings. The number of nitrogens with one attached hydrogen (secondary N) is 1. The minimum absolute atomic E-state index is 0.0122. The normalized spacial score (nSPS) is 14.8. The minimum atomic E-state index is -0.193. The summed E-state index contributed by atoms with van der Waals surface area (Å²) >= 11 is 6.20. The Morgan fingerprint density at radius 2 is 1.92 bits per heavy atom. The molecule has 0 unspecified atom stereocenters. The lowest BCUT2D eigenvalue weighted by atomic mass is 10.1. The third-order valence-electron chi connectivity index (χ3n) is 3.88. The van der Waals surface area contributed by atoms with E-state index in [1.807, 2.05) is 26.0 Å². The van der Waals surface area contributed by atoms with E-state index in [2.05, 4.69) is 5.32 Å². The molecule has 0 saturated carbocycles. The molecule has 1 aliphatic rings. The highest BCUT2D eigenvalue weighted by Gasteiger charge is 2.19. The molecular weight excluding hydrogens is 330 g/mol. The van der Waals surface area contributed by atoms with E-state index in [1.54, 1.807) is 16.8 Å². The fourth-order valence-electron chi connectivity index (χ4n) is 2.70. The molecule has 0 atom stereocenters. The summed E-state index contributed by atoms with van der Waals surface area (Å²) in [5, 5.41) is 3.35. The number of benzene rings is 1. The molecule has 24 heavy (non-hydrogen) atoms. The quantitative estimate of drug-likeness (QED) is 0.875. The van der Waals surface area contributed by atoms with Gasteiger partial charge in [-0.05, 0) is 38.1 Å². The standard InChI is InChI=1S/C17H24ClN3O3/c1-12-8-13(2)17(14(18)9-12)19-15(22)10-20(3)11-16(23)21-4-6-24-7-5-21/h8-9H,4-7,10-11H2,1-3H3,(H,19,22). The highest BCUT2D eigenvalue weighted by atomic mass is 35.5. The van der Waals surface area contributed by atoms with Gasteiger partial charge in [-0.15, -0.1) is 0 Å². The summed E-state index contributed by atoms with van der Waals surface area (Å²) in [5.74, 6) is -0.181. The van der Waals surface area contributed by atoms with Crippen LogP contribution < -0.4 is 5.32 Å². The molecular formula is C17H24ClN3O3. The molecule has 0 bridgehead atoms. The zero-order chi connectivity index (χ0) is 17.7. The van der Waals surface area contributed by atoms with Gasteiger partial charge in [-0.1, -0.05) is 17.7 Å². The van der Waals surface area contributed by atoms with E-state index >= 15 is 0 Å². The maximum atomic E-state index is 12.2. The summed E-state index contributed by atoms with van der Waals surface area (Å²) in [4.78, 5) is 27.8. The number of rotatable bonds is 5. The van der Waals surface area contributed by atoms with Gasteiger partial charge < -0.3 is 15.0 Å². The SMILES string of the molecule is Cc1cc(C)c(NC(=O)CN(C)CC(=O)N2CCOCC2)c(Cl)c1. The highest BCUT2D eigenvalue weighted by molar-refractivity contribution is 6.34. The molecule has 1 aliphatic heterocycles. The van der Waals surface area contributed by atoms with Gasteiger partial charge in [0.2, 0.25) is 11.8 Å².